The van der Waals surface area contributed by atoms with Crippen LogP contribution in [0.3, 0.4) is 0 Å². The van der Waals surface area contributed by atoms with Crippen molar-refractivity contribution in [3.8, 4) is 0 Å². The Bertz CT molecular complexity index is 1210. The van der Waals surface area contributed by atoms with Crippen molar-refractivity contribution in [2.24, 2.45) is 0 Å². The van der Waals surface area contributed by atoms with Crippen LogP contribution >= 0.6 is 35.0 Å². The molecular formula is C23H21Cl2N5OS. The highest BCUT2D eigenvalue weighted by molar-refractivity contribution is 8.00. The molecule has 9 heteroatoms. The zero-order chi connectivity index (χ0) is 22.5. The van der Waals surface area contributed by atoms with Gasteiger partial charge in [0.25, 0.3) is 5.91 Å². The largest absolute Gasteiger partial charge is 0.324 e. The maximum absolute atomic E-state index is 13.5. The standard InChI is InChI=1S/C23H21Cl2N5OS/c1-23(2)30(19-17(24)4-3-5-18(19)25)21(31)16-12-27-22(29-20(16)32-23)28-15-7-6-14-11-26-9-8-13(14)10-15/h3-7,10,12,26H,8-9,11H2,1-2H3,(H,27,28,29). The fraction of sp³-hybridized carbons (Fsp3) is 0.261. The molecule has 0 atom stereocenters. The van der Waals surface area contributed by atoms with E-state index >= 15 is 0 Å². The van der Waals surface area contributed by atoms with Crippen molar-refractivity contribution in [2.45, 2.75) is 36.7 Å². The topological polar surface area (TPSA) is 70.1 Å². The van der Waals surface area contributed by atoms with Crippen molar-refractivity contribution in [1.29, 1.82) is 0 Å². The number of hydrogen-bond acceptors (Lipinski definition) is 6. The van der Waals surface area contributed by atoms with Crippen LogP contribution in [-0.4, -0.2) is 27.3 Å². The van der Waals surface area contributed by atoms with Crippen LogP contribution in [0.25, 0.3) is 0 Å². The Morgan fingerprint density at radius 2 is 1.94 bits per heavy atom. The summed E-state index contributed by atoms with van der Waals surface area (Å²) in [6, 6.07) is 11.5. The summed E-state index contributed by atoms with van der Waals surface area (Å²) in [6.45, 7) is 5.77. The number of benzene rings is 2. The molecule has 5 rings (SSSR count). The lowest BCUT2D eigenvalue weighted by Crippen LogP contribution is -2.49. The Morgan fingerprint density at radius 3 is 2.72 bits per heavy atom. The minimum absolute atomic E-state index is 0.230. The van der Waals surface area contributed by atoms with Gasteiger partial charge in [-0.25, -0.2) is 9.97 Å². The number of carbonyl (C=O) groups is 1. The normalized spacial score (nSPS) is 17.0. The van der Waals surface area contributed by atoms with Gasteiger partial charge in [0.05, 0.1) is 26.2 Å². The van der Waals surface area contributed by atoms with Crippen LogP contribution in [0.15, 0.2) is 47.6 Å². The molecule has 0 saturated heterocycles. The SMILES string of the molecule is CC1(C)Sc2nc(Nc3ccc4c(c3)CCNC4)ncc2C(=O)N1c1c(Cl)cccc1Cl. The van der Waals surface area contributed by atoms with Crippen LogP contribution < -0.4 is 15.5 Å². The van der Waals surface area contributed by atoms with Crippen molar-refractivity contribution < 1.29 is 4.79 Å². The molecule has 0 fully saturated rings. The average Bonchev–Trinajstić information content (AvgIpc) is 2.75. The first-order chi connectivity index (χ1) is 15.3. The van der Waals surface area contributed by atoms with E-state index in [0.29, 0.717) is 32.3 Å². The molecule has 3 aromatic rings. The minimum Gasteiger partial charge on any atom is -0.324 e. The first-order valence-corrected chi connectivity index (χ1v) is 11.8. The van der Waals surface area contributed by atoms with E-state index in [2.05, 4.69) is 32.7 Å². The number of fused-ring (bicyclic) bond motifs is 2. The number of aromatic nitrogens is 2. The third kappa shape index (κ3) is 3.83. The van der Waals surface area contributed by atoms with Crippen LogP contribution in [0.1, 0.15) is 35.3 Å². The van der Waals surface area contributed by atoms with E-state index in [-0.39, 0.29) is 5.91 Å². The fourth-order valence-corrected chi connectivity index (χ4v) is 5.74. The third-order valence-corrected chi connectivity index (χ3v) is 7.38. The zero-order valence-electron chi connectivity index (χ0n) is 17.6. The lowest BCUT2D eigenvalue weighted by atomic mass is 10.0. The van der Waals surface area contributed by atoms with Crippen LogP contribution in [0.5, 0.6) is 0 Å². The molecule has 2 aromatic carbocycles. The Hall–Kier alpha value is -2.32. The molecule has 0 aliphatic carbocycles. The van der Waals surface area contributed by atoms with Gasteiger partial charge in [0.2, 0.25) is 5.95 Å². The Morgan fingerprint density at radius 1 is 1.16 bits per heavy atom. The molecule has 2 aliphatic heterocycles. The van der Waals surface area contributed by atoms with E-state index in [0.717, 1.165) is 25.2 Å². The van der Waals surface area contributed by atoms with Gasteiger partial charge in [-0.15, -0.1) is 0 Å². The second-order valence-electron chi connectivity index (χ2n) is 8.21. The molecule has 1 amide bonds. The zero-order valence-corrected chi connectivity index (χ0v) is 19.9. The van der Waals surface area contributed by atoms with Gasteiger partial charge < -0.3 is 10.6 Å². The summed E-state index contributed by atoms with van der Waals surface area (Å²) in [5.74, 6) is 0.226. The number of rotatable bonds is 3. The van der Waals surface area contributed by atoms with Gasteiger partial charge in [-0.05, 0) is 62.2 Å². The Balaban J connectivity index is 1.47. The highest BCUT2D eigenvalue weighted by Crippen LogP contribution is 2.48. The molecule has 0 saturated carbocycles. The summed E-state index contributed by atoms with van der Waals surface area (Å²) >= 11 is 14.3. The van der Waals surface area contributed by atoms with Crippen molar-refractivity contribution >= 4 is 58.2 Å². The van der Waals surface area contributed by atoms with Crippen LogP contribution in [0.4, 0.5) is 17.3 Å². The van der Waals surface area contributed by atoms with Gasteiger partial charge in [-0.2, -0.15) is 0 Å². The third-order valence-electron chi connectivity index (χ3n) is 5.58. The lowest BCUT2D eigenvalue weighted by molar-refractivity contribution is 0.0969. The van der Waals surface area contributed by atoms with Gasteiger partial charge in [-0.3, -0.25) is 9.69 Å². The number of nitrogens with zero attached hydrogens (tertiary/aromatic N) is 3. The number of halogens is 2. The van der Waals surface area contributed by atoms with Gasteiger partial charge in [-0.1, -0.05) is 47.1 Å². The lowest BCUT2D eigenvalue weighted by Gasteiger charge is -2.42. The molecule has 6 nitrogen and oxygen atoms in total. The molecule has 0 radical (unpaired) electrons. The first-order valence-electron chi connectivity index (χ1n) is 10.3. The number of anilines is 3. The molecule has 1 aromatic heterocycles. The molecule has 0 spiro atoms. The Labute approximate surface area is 200 Å². The van der Waals surface area contributed by atoms with Crippen molar-refractivity contribution in [3.05, 3.63) is 69.3 Å². The molecular weight excluding hydrogens is 465 g/mol. The van der Waals surface area contributed by atoms with Gasteiger partial charge in [0, 0.05) is 18.4 Å². The Kier molecular flexibility index (Phi) is 5.53. The molecule has 3 heterocycles. The van der Waals surface area contributed by atoms with Crippen molar-refractivity contribution in [1.82, 2.24) is 15.3 Å². The molecule has 2 aliphatic rings. The van der Waals surface area contributed by atoms with E-state index in [4.69, 9.17) is 23.2 Å². The summed E-state index contributed by atoms with van der Waals surface area (Å²) in [7, 11) is 0. The number of para-hydroxylation sites is 1. The predicted octanol–water partition coefficient (Wildman–Crippen LogP) is 5.66. The second-order valence-corrected chi connectivity index (χ2v) is 10.6. The quantitative estimate of drug-likeness (QED) is 0.466. The van der Waals surface area contributed by atoms with Crippen LogP contribution in [-0.2, 0) is 13.0 Å². The monoisotopic (exact) mass is 485 g/mol. The smallest absolute Gasteiger partial charge is 0.263 e. The molecule has 2 N–H and O–H groups in total. The summed E-state index contributed by atoms with van der Waals surface area (Å²) in [5, 5.41) is 8.13. The number of carbonyl (C=O) groups excluding carboxylic acids is 1. The molecule has 164 valence electrons. The fourth-order valence-electron chi connectivity index (χ4n) is 4.06. The summed E-state index contributed by atoms with van der Waals surface area (Å²) in [5.41, 5.74) is 4.49. The predicted molar refractivity (Wildman–Crippen MR) is 130 cm³/mol. The molecule has 0 unspecified atom stereocenters. The average molecular weight is 486 g/mol. The summed E-state index contributed by atoms with van der Waals surface area (Å²) in [4.78, 5) is 23.5. The highest BCUT2D eigenvalue weighted by atomic mass is 35.5. The maximum atomic E-state index is 13.5. The minimum atomic E-state index is -0.650. The number of thioether (sulfide) groups is 1. The van der Waals surface area contributed by atoms with Gasteiger partial charge in [0.1, 0.15) is 5.03 Å². The van der Waals surface area contributed by atoms with E-state index < -0.39 is 4.87 Å². The number of nitrogens with one attached hydrogen (secondary N) is 2. The summed E-state index contributed by atoms with van der Waals surface area (Å²) < 4.78 is 0. The van der Waals surface area contributed by atoms with E-state index in [1.165, 1.54) is 22.9 Å². The van der Waals surface area contributed by atoms with Crippen molar-refractivity contribution in [3.63, 3.8) is 0 Å². The molecule has 0 bridgehead atoms. The summed E-state index contributed by atoms with van der Waals surface area (Å²) in [6.07, 6.45) is 2.56. The van der Waals surface area contributed by atoms with E-state index in [1.54, 1.807) is 29.3 Å². The van der Waals surface area contributed by atoms with Crippen molar-refractivity contribution in [2.75, 3.05) is 16.8 Å². The first kappa shape index (κ1) is 21.5. The van der Waals surface area contributed by atoms with E-state index in [9.17, 15) is 4.79 Å². The second kappa shape index (κ2) is 8.23. The van der Waals surface area contributed by atoms with Gasteiger partial charge >= 0.3 is 0 Å². The maximum Gasteiger partial charge on any atom is 0.263 e. The molecule has 32 heavy (non-hydrogen) atoms. The van der Waals surface area contributed by atoms with E-state index in [1.807, 2.05) is 19.9 Å². The highest BCUT2D eigenvalue weighted by Gasteiger charge is 2.42. The van der Waals surface area contributed by atoms with Crippen LogP contribution in [0.2, 0.25) is 10.0 Å². The van der Waals surface area contributed by atoms with Crippen LogP contribution in [0, 0.1) is 0 Å². The van der Waals surface area contributed by atoms with Gasteiger partial charge in [0.15, 0.2) is 0 Å². The number of amides is 1. The number of hydrogen-bond donors (Lipinski definition) is 2.